The van der Waals surface area contributed by atoms with E-state index in [1.165, 1.54) is 0 Å². The van der Waals surface area contributed by atoms with Gasteiger partial charge in [0, 0.05) is 11.6 Å². The fourth-order valence-corrected chi connectivity index (χ4v) is 1.24. The molecule has 1 rings (SSSR count). The van der Waals surface area contributed by atoms with Crippen molar-refractivity contribution in [1.82, 2.24) is 4.90 Å². The molecule has 0 aliphatic heterocycles. The first kappa shape index (κ1) is 11.9. The molecule has 1 aromatic carbocycles. The number of benzene rings is 1. The number of nitrogens with zero attached hydrogens (tertiary/aromatic N) is 1. The van der Waals surface area contributed by atoms with Crippen molar-refractivity contribution in [3.05, 3.63) is 35.9 Å². The van der Waals surface area contributed by atoms with Gasteiger partial charge in [0.1, 0.15) is 0 Å². The van der Waals surface area contributed by atoms with Crippen LogP contribution in [0.3, 0.4) is 0 Å². The van der Waals surface area contributed by atoms with E-state index in [2.05, 4.69) is 0 Å². The molecule has 0 saturated heterocycles. The second-order valence-electron chi connectivity index (χ2n) is 3.74. The normalized spacial score (nSPS) is 12.8. The van der Waals surface area contributed by atoms with Crippen LogP contribution < -0.4 is 0 Å². The number of carbonyl (C=O) groups is 1. The molecule has 0 spiro atoms. The maximum atomic E-state index is 11.8. The van der Waals surface area contributed by atoms with Crippen molar-refractivity contribution in [2.75, 3.05) is 20.2 Å². The molecule has 0 aromatic heterocycles. The zero-order valence-electron chi connectivity index (χ0n) is 9.18. The molecule has 1 atom stereocenters. The summed E-state index contributed by atoms with van der Waals surface area (Å²) in [7, 11) is 1.84. The van der Waals surface area contributed by atoms with Gasteiger partial charge in [-0.2, -0.15) is 0 Å². The highest BCUT2D eigenvalue weighted by atomic mass is 16.3. The first-order chi connectivity index (χ1) is 7.15. The number of ketones is 1. The summed E-state index contributed by atoms with van der Waals surface area (Å²) in [6.45, 7) is 2.29. The van der Waals surface area contributed by atoms with Gasteiger partial charge in [-0.25, -0.2) is 0 Å². The van der Waals surface area contributed by atoms with Gasteiger partial charge in [0.2, 0.25) is 0 Å². The maximum absolute atomic E-state index is 11.8. The van der Waals surface area contributed by atoms with E-state index in [0.717, 1.165) is 5.56 Å². The molecule has 3 nitrogen and oxygen atoms in total. The van der Waals surface area contributed by atoms with Crippen molar-refractivity contribution < 1.29 is 9.90 Å². The van der Waals surface area contributed by atoms with Crippen LogP contribution in [0, 0.1) is 0 Å². The Bertz CT molecular complexity index is 311. The summed E-state index contributed by atoms with van der Waals surface area (Å²) in [6, 6.07) is 9.21. The summed E-state index contributed by atoms with van der Waals surface area (Å²) in [6.07, 6.45) is 0. The van der Waals surface area contributed by atoms with E-state index in [0.29, 0.717) is 6.54 Å². The van der Waals surface area contributed by atoms with Crippen molar-refractivity contribution in [2.45, 2.75) is 13.0 Å². The Kier molecular flexibility index (Phi) is 4.46. The van der Waals surface area contributed by atoms with Crippen LogP contribution in [0.1, 0.15) is 17.3 Å². The molecular formula is C12H17NO2. The lowest BCUT2D eigenvalue weighted by Gasteiger charge is -2.21. The Hall–Kier alpha value is -1.19. The van der Waals surface area contributed by atoms with Crippen LogP contribution in [-0.4, -0.2) is 42.0 Å². The van der Waals surface area contributed by atoms with Crippen molar-refractivity contribution in [3.8, 4) is 0 Å². The number of rotatable bonds is 5. The third-order valence-corrected chi connectivity index (χ3v) is 2.51. The number of likely N-dealkylation sites (N-methyl/N-ethyl adjacent to an activating group) is 1. The molecule has 0 amide bonds. The van der Waals surface area contributed by atoms with Gasteiger partial charge >= 0.3 is 0 Å². The average Bonchev–Trinajstić information content (AvgIpc) is 2.29. The molecule has 3 heteroatoms. The standard InChI is InChI=1S/C12H17NO2/c1-10(9-14)13(2)8-12(15)11-6-4-3-5-7-11/h3-7,10,14H,8-9H2,1-2H3. The summed E-state index contributed by atoms with van der Waals surface area (Å²) in [5.74, 6) is 0.0819. The molecule has 0 bridgehead atoms. The van der Waals surface area contributed by atoms with Gasteiger partial charge in [-0.15, -0.1) is 0 Å². The van der Waals surface area contributed by atoms with Crippen LogP contribution in [0.5, 0.6) is 0 Å². The number of hydrogen-bond donors (Lipinski definition) is 1. The SMILES string of the molecule is CC(CO)N(C)CC(=O)c1ccccc1. The fourth-order valence-electron chi connectivity index (χ4n) is 1.24. The van der Waals surface area contributed by atoms with E-state index in [9.17, 15) is 4.79 Å². The predicted octanol–water partition coefficient (Wildman–Crippen LogP) is 1.18. The summed E-state index contributed by atoms with van der Waals surface area (Å²) in [5, 5.41) is 8.94. The molecule has 15 heavy (non-hydrogen) atoms. The van der Waals surface area contributed by atoms with Crippen molar-refractivity contribution in [3.63, 3.8) is 0 Å². The van der Waals surface area contributed by atoms with Crippen molar-refractivity contribution >= 4 is 5.78 Å². The molecule has 0 aliphatic rings. The minimum Gasteiger partial charge on any atom is -0.395 e. The van der Waals surface area contributed by atoms with Crippen LogP contribution in [0.4, 0.5) is 0 Å². The number of aliphatic hydroxyl groups excluding tert-OH is 1. The third-order valence-electron chi connectivity index (χ3n) is 2.51. The third kappa shape index (κ3) is 3.46. The van der Waals surface area contributed by atoms with Crippen LogP contribution in [0.25, 0.3) is 0 Å². The first-order valence-corrected chi connectivity index (χ1v) is 5.04. The van der Waals surface area contributed by atoms with Crippen LogP contribution in [0.15, 0.2) is 30.3 Å². The van der Waals surface area contributed by atoms with E-state index in [-0.39, 0.29) is 18.4 Å². The van der Waals surface area contributed by atoms with Gasteiger partial charge in [-0.3, -0.25) is 9.69 Å². The quantitative estimate of drug-likeness (QED) is 0.737. The Morgan fingerprint density at radius 1 is 1.40 bits per heavy atom. The summed E-state index contributed by atoms with van der Waals surface area (Å²) < 4.78 is 0. The first-order valence-electron chi connectivity index (χ1n) is 5.04. The Balaban J connectivity index is 2.57. The molecule has 0 saturated carbocycles. The minimum absolute atomic E-state index is 0.0117. The predicted molar refractivity (Wildman–Crippen MR) is 60.0 cm³/mol. The van der Waals surface area contributed by atoms with Crippen LogP contribution >= 0.6 is 0 Å². The summed E-state index contributed by atoms with van der Waals surface area (Å²) in [5.41, 5.74) is 0.717. The minimum atomic E-state index is 0.0117. The van der Waals surface area contributed by atoms with Gasteiger partial charge in [0.25, 0.3) is 0 Å². The molecule has 0 radical (unpaired) electrons. The molecule has 1 aromatic rings. The lowest BCUT2D eigenvalue weighted by molar-refractivity contribution is 0.0890. The van der Waals surface area contributed by atoms with Gasteiger partial charge in [-0.1, -0.05) is 30.3 Å². The van der Waals surface area contributed by atoms with E-state index in [1.807, 2.05) is 37.1 Å². The summed E-state index contributed by atoms with van der Waals surface area (Å²) in [4.78, 5) is 13.6. The van der Waals surface area contributed by atoms with Crippen LogP contribution in [-0.2, 0) is 0 Å². The number of carbonyl (C=O) groups excluding carboxylic acids is 1. The molecule has 82 valence electrons. The number of Topliss-reactive ketones (excluding diaryl/α,β-unsaturated/α-hetero) is 1. The van der Waals surface area contributed by atoms with Crippen molar-refractivity contribution in [1.29, 1.82) is 0 Å². The van der Waals surface area contributed by atoms with Gasteiger partial charge in [-0.05, 0) is 14.0 Å². The molecular weight excluding hydrogens is 190 g/mol. The van der Waals surface area contributed by atoms with Crippen molar-refractivity contribution in [2.24, 2.45) is 0 Å². The lowest BCUT2D eigenvalue weighted by atomic mass is 10.1. The summed E-state index contributed by atoms with van der Waals surface area (Å²) >= 11 is 0. The molecule has 1 N–H and O–H groups in total. The second-order valence-corrected chi connectivity index (χ2v) is 3.74. The molecule has 0 fully saturated rings. The fraction of sp³-hybridized carbons (Fsp3) is 0.417. The molecule has 1 unspecified atom stereocenters. The number of aliphatic hydroxyl groups is 1. The highest BCUT2D eigenvalue weighted by Gasteiger charge is 2.12. The van der Waals surface area contributed by atoms with Gasteiger partial charge in [0.15, 0.2) is 5.78 Å². The van der Waals surface area contributed by atoms with Crippen LogP contribution in [0.2, 0.25) is 0 Å². The Labute approximate surface area is 90.3 Å². The largest absolute Gasteiger partial charge is 0.395 e. The zero-order valence-corrected chi connectivity index (χ0v) is 9.18. The topological polar surface area (TPSA) is 40.5 Å². The maximum Gasteiger partial charge on any atom is 0.176 e. The lowest BCUT2D eigenvalue weighted by Crippen LogP contribution is -2.36. The highest BCUT2D eigenvalue weighted by Crippen LogP contribution is 2.02. The van der Waals surface area contributed by atoms with E-state index < -0.39 is 0 Å². The van der Waals surface area contributed by atoms with E-state index in [4.69, 9.17) is 5.11 Å². The van der Waals surface area contributed by atoms with Gasteiger partial charge in [0.05, 0.1) is 13.2 Å². The second kappa shape index (κ2) is 5.63. The Morgan fingerprint density at radius 2 is 2.00 bits per heavy atom. The molecule has 0 heterocycles. The van der Waals surface area contributed by atoms with Gasteiger partial charge < -0.3 is 5.11 Å². The average molecular weight is 207 g/mol. The monoisotopic (exact) mass is 207 g/mol. The smallest absolute Gasteiger partial charge is 0.176 e. The number of hydrogen-bond acceptors (Lipinski definition) is 3. The zero-order chi connectivity index (χ0) is 11.3. The van der Waals surface area contributed by atoms with E-state index >= 15 is 0 Å². The highest BCUT2D eigenvalue weighted by molar-refractivity contribution is 5.97. The van der Waals surface area contributed by atoms with E-state index in [1.54, 1.807) is 12.1 Å². The Morgan fingerprint density at radius 3 is 2.53 bits per heavy atom. The molecule has 0 aliphatic carbocycles.